The van der Waals surface area contributed by atoms with Gasteiger partial charge in [-0.25, -0.2) is 4.98 Å². The maximum Gasteiger partial charge on any atom is 0.203 e. The molecule has 102 valence electrons. The summed E-state index contributed by atoms with van der Waals surface area (Å²) in [5.41, 5.74) is 1.11. The van der Waals surface area contributed by atoms with Gasteiger partial charge in [0, 0.05) is 24.0 Å². The van der Waals surface area contributed by atoms with Crippen LogP contribution in [0, 0.1) is 6.92 Å². The predicted octanol–water partition coefficient (Wildman–Crippen LogP) is 3.86. The number of nitrogens with zero attached hydrogens (tertiary/aromatic N) is 2. The van der Waals surface area contributed by atoms with E-state index in [-0.39, 0.29) is 0 Å². The molecule has 1 aromatic heterocycles. The molecular formula is C14H25N3S. The molecule has 1 N–H and O–H groups in total. The van der Waals surface area contributed by atoms with Crippen molar-refractivity contribution >= 4 is 17.7 Å². The van der Waals surface area contributed by atoms with Gasteiger partial charge in [0.15, 0.2) is 0 Å². The zero-order valence-corrected chi connectivity index (χ0v) is 12.6. The molecule has 1 aliphatic rings. The molecule has 0 spiro atoms. The van der Waals surface area contributed by atoms with Gasteiger partial charge in [0.1, 0.15) is 0 Å². The van der Waals surface area contributed by atoms with E-state index in [0.717, 1.165) is 17.4 Å². The molecule has 0 bridgehead atoms. The lowest BCUT2D eigenvalue weighted by Gasteiger charge is -2.19. The fraction of sp³-hybridized carbons (Fsp3) is 0.786. The lowest BCUT2D eigenvalue weighted by atomic mass is 10.2. The number of hydrogen-bond donors (Lipinski definition) is 1. The molecule has 0 aromatic carbocycles. The summed E-state index contributed by atoms with van der Waals surface area (Å²) in [6.45, 7) is 6.58. The second-order valence-electron chi connectivity index (χ2n) is 5.25. The van der Waals surface area contributed by atoms with Crippen molar-refractivity contribution in [1.82, 2.24) is 9.55 Å². The molecule has 1 atom stereocenters. The first-order chi connectivity index (χ1) is 8.70. The van der Waals surface area contributed by atoms with E-state index in [2.05, 4.69) is 41.8 Å². The quantitative estimate of drug-likeness (QED) is 0.849. The van der Waals surface area contributed by atoms with Gasteiger partial charge in [-0.1, -0.05) is 19.8 Å². The normalized spacial score (nSPS) is 18.2. The van der Waals surface area contributed by atoms with Crippen molar-refractivity contribution in [2.45, 2.75) is 58.5 Å². The Labute approximate surface area is 115 Å². The number of nitrogens with one attached hydrogen (secondary N) is 1. The van der Waals surface area contributed by atoms with Crippen LogP contribution in [-0.2, 0) is 0 Å². The summed E-state index contributed by atoms with van der Waals surface area (Å²) < 4.78 is 2.32. The second-order valence-corrected chi connectivity index (χ2v) is 6.57. The maximum absolute atomic E-state index is 4.65. The topological polar surface area (TPSA) is 29.9 Å². The van der Waals surface area contributed by atoms with E-state index in [1.165, 1.54) is 31.4 Å². The molecule has 1 aliphatic carbocycles. The average Bonchev–Trinajstić information content (AvgIpc) is 2.96. The van der Waals surface area contributed by atoms with Crippen molar-refractivity contribution in [2.75, 3.05) is 16.8 Å². The van der Waals surface area contributed by atoms with Crippen molar-refractivity contribution < 1.29 is 0 Å². The van der Waals surface area contributed by atoms with Gasteiger partial charge >= 0.3 is 0 Å². The van der Waals surface area contributed by atoms with Crippen LogP contribution in [-0.4, -0.2) is 27.1 Å². The van der Waals surface area contributed by atoms with Crippen LogP contribution in [0.1, 0.15) is 51.3 Å². The largest absolute Gasteiger partial charge is 0.353 e. The highest BCUT2D eigenvalue weighted by Crippen LogP contribution is 2.25. The molecule has 3 nitrogen and oxygen atoms in total. The smallest absolute Gasteiger partial charge is 0.203 e. The molecule has 1 aromatic rings. The molecule has 2 rings (SSSR count). The molecule has 0 radical (unpaired) electrons. The summed E-state index contributed by atoms with van der Waals surface area (Å²) >= 11 is 2.00. The molecule has 0 aliphatic heterocycles. The number of anilines is 1. The van der Waals surface area contributed by atoms with Gasteiger partial charge in [0.05, 0.1) is 5.69 Å². The molecule has 1 saturated carbocycles. The molecule has 4 heteroatoms. The Hall–Kier alpha value is -0.640. The minimum absolute atomic E-state index is 0.514. The summed E-state index contributed by atoms with van der Waals surface area (Å²) in [4.78, 5) is 4.65. The summed E-state index contributed by atoms with van der Waals surface area (Å²) in [5, 5.41) is 3.63. The number of rotatable bonds is 6. The van der Waals surface area contributed by atoms with Gasteiger partial charge in [-0.3, -0.25) is 0 Å². The zero-order chi connectivity index (χ0) is 13.0. The summed E-state index contributed by atoms with van der Waals surface area (Å²) in [5.74, 6) is 3.42. The second kappa shape index (κ2) is 6.50. The first kappa shape index (κ1) is 13.8. The summed E-state index contributed by atoms with van der Waals surface area (Å²) in [6, 6.07) is 1.15. The van der Waals surface area contributed by atoms with E-state index in [1.54, 1.807) is 0 Å². The van der Waals surface area contributed by atoms with Crippen molar-refractivity contribution in [1.29, 1.82) is 0 Å². The highest BCUT2D eigenvalue weighted by molar-refractivity contribution is 7.99. The standard InChI is InChI=1S/C14H25N3S/c1-4-18-10-12(3)17-9-11(2)15-14(17)16-13-7-5-6-8-13/h9,12-13H,4-8,10H2,1-3H3,(H,15,16). The molecule has 1 unspecified atom stereocenters. The van der Waals surface area contributed by atoms with E-state index in [4.69, 9.17) is 0 Å². The van der Waals surface area contributed by atoms with Gasteiger partial charge in [-0.05, 0) is 32.4 Å². The molecule has 0 saturated heterocycles. The monoisotopic (exact) mass is 267 g/mol. The van der Waals surface area contributed by atoms with E-state index in [1.807, 2.05) is 11.8 Å². The zero-order valence-electron chi connectivity index (χ0n) is 11.8. The number of imidazole rings is 1. The van der Waals surface area contributed by atoms with Crippen LogP contribution in [0.5, 0.6) is 0 Å². The molecule has 18 heavy (non-hydrogen) atoms. The first-order valence-corrected chi connectivity index (χ1v) is 8.26. The van der Waals surface area contributed by atoms with Crippen molar-refractivity contribution in [3.63, 3.8) is 0 Å². The Morgan fingerprint density at radius 1 is 1.50 bits per heavy atom. The minimum atomic E-state index is 0.514. The van der Waals surface area contributed by atoms with Crippen LogP contribution in [0.25, 0.3) is 0 Å². The van der Waals surface area contributed by atoms with Crippen molar-refractivity contribution in [3.8, 4) is 0 Å². The third-order valence-corrected chi connectivity index (χ3v) is 4.71. The average molecular weight is 267 g/mol. The fourth-order valence-corrected chi connectivity index (χ4v) is 3.32. The minimum Gasteiger partial charge on any atom is -0.353 e. The molecule has 0 amide bonds. The van der Waals surface area contributed by atoms with Crippen LogP contribution in [0.2, 0.25) is 0 Å². The maximum atomic E-state index is 4.65. The van der Waals surface area contributed by atoms with Gasteiger partial charge in [-0.15, -0.1) is 0 Å². The van der Waals surface area contributed by atoms with Crippen molar-refractivity contribution in [3.05, 3.63) is 11.9 Å². The Morgan fingerprint density at radius 2 is 2.22 bits per heavy atom. The predicted molar refractivity (Wildman–Crippen MR) is 80.6 cm³/mol. The van der Waals surface area contributed by atoms with Gasteiger partial charge < -0.3 is 9.88 Å². The van der Waals surface area contributed by atoms with Crippen LogP contribution in [0.15, 0.2) is 6.20 Å². The highest BCUT2D eigenvalue weighted by Gasteiger charge is 2.18. The van der Waals surface area contributed by atoms with Crippen LogP contribution >= 0.6 is 11.8 Å². The third-order valence-electron chi connectivity index (χ3n) is 3.58. The number of aryl methyl sites for hydroxylation is 1. The number of hydrogen-bond acceptors (Lipinski definition) is 3. The Kier molecular flexibility index (Phi) is 4.98. The Morgan fingerprint density at radius 3 is 2.89 bits per heavy atom. The summed E-state index contributed by atoms with van der Waals surface area (Å²) in [6.07, 6.45) is 7.49. The lowest BCUT2D eigenvalue weighted by molar-refractivity contribution is 0.604. The van der Waals surface area contributed by atoms with E-state index in [0.29, 0.717) is 12.1 Å². The third kappa shape index (κ3) is 3.44. The first-order valence-electron chi connectivity index (χ1n) is 7.10. The van der Waals surface area contributed by atoms with E-state index in [9.17, 15) is 0 Å². The van der Waals surface area contributed by atoms with Gasteiger partial charge in [0.2, 0.25) is 5.95 Å². The van der Waals surface area contributed by atoms with Crippen LogP contribution in [0.4, 0.5) is 5.95 Å². The molecule has 1 heterocycles. The van der Waals surface area contributed by atoms with E-state index < -0.39 is 0 Å². The van der Waals surface area contributed by atoms with Crippen molar-refractivity contribution in [2.24, 2.45) is 0 Å². The van der Waals surface area contributed by atoms with E-state index >= 15 is 0 Å². The highest BCUT2D eigenvalue weighted by atomic mass is 32.2. The van der Waals surface area contributed by atoms with Gasteiger partial charge in [0.25, 0.3) is 0 Å². The Bertz CT molecular complexity index is 369. The number of aromatic nitrogens is 2. The Balaban J connectivity index is 2.03. The summed E-state index contributed by atoms with van der Waals surface area (Å²) in [7, 11) is 0. The lowest BCUT2D eigenvalue weighted by Crippen LogP contribution is -2.20. The van der Waals surface area contributed by atoms with Crippen LogP contribution in [0.3, 0.4) is 0 Å². The SMILES string of the molecule is CCSCC(C)n1cc(C)nc1NC1CCCC1. The molecular weight excluding hydrogens is 242 g/mol. The fourth-order valence-electron chi connectivity index (χ4n) is 2.58. The number of thioether (sulfide) groups is 1. The molecule has 1 fully saturated rings. The van der Waals surface area contributed by atoms with Gasteiger partial charge in [-0.2, -0.15) is 11.8 Å². The van der Waals surface area contributed by atoms with Crippen LogP contribution < -0.4 is 5.32 Å².